The molecule has 1 aromatic rings. The number of aliphatic hydroxyl groups is 1. The minimum atomic E-state index is -0.451. The van der Waals surface area contributed by atoms with Gasteiger partial charge in [0.15, 0.2) is 5.79 Å². The van der Waals surface area contributed by atoms with Crippen molar-refractivity contribution in [2.24, 2.45) is 0 Å². The highest BCUT2D eigenvalue weighted by Crippen LogP contribution is 2.39. The Bertz CT molecular complexity index is 617. The molecule has 4 atom stereocenters. The van der Waals surface area contributed by atoms with Gasteiger partial charge in [-0.3, -0.25) is 0 Å². The third kappa shape index (κ3) is 5.81. The molecule has 1 spiro atoms. The van der Waals surface area contributed by atoms with E-state index in [2.05, 4.69) is 12.1 Å². The van der Waals surface area contributed by atoms with Gasteiger partial charge in [0.1, 0.15) is 12.2 Å². The van der Waals surface area contributed by atoms with Crippen molar-refractivity contribution < 1.29 is 28.8 Å². The van der Waals surface area contributed by atoms with Crippen molar-refractivity contribution in [3.63, 3.8) is 0 Å². The minimum Gasteiger partial charge on any atom is -0.394 e. The van der Waals surface area contributed by atoms with Crippen LogP contribution in [0, 0.1) is 0 Å². The van der Waals surface area contributed by atoms with Gasteiger partial charge in [0.05, 0.1) is 32.0 Å². The molecular weight excluding hydrogens is 384 g/mol. The molecule has 3 aliphatic rings. The van der Waals surface area contributed by atoms with Crippen molar-refractivity contribution in [3.8, 4) is 0 Å². The van der Waals surface area contributed by atoms with Crippen molar-refractivity contribution in [2.75, 3.05) is 26.4 Å². The summed E-state index contributed by atoms with van der Waals surface area (Å²) in [6.07, 6.45) is 7.40. The molecule has 1 N–H and O–H groups in total. The second kappa shape index (κ2) is 11.0. The summed E-state index contributed by atoms with van der Waals surface area (Å²) in [5.74, 6) is -0.451. The van der Waals surface area contributed by atoms with Gasteiger partial charge in [-0.1, -0.05) is 36.8 Å². The van der Waals surface area contributed by atoms with Crippen molar-refractivity contribution in [2.45, 2.75) is 88.2 Å². The molecule has 0 bridgehead atoms. The smallest absolute Gasteiger partial charge is 0.169 e. The lowest BCUT2D eigenvalue weighted by Gasteiger charge is -2.36. The van der Waals surface area contributed by atoms with Gasteiger partial charge in [0.25, 0.3) is 0 Å². The molecular formula is C24H36O6. The van der Waals surface area contributed by atoms with E-state index in [1.54, 1.807) is 0 Å². The first-order valence-electron chi connectivity index (χ1n) is 11.6. The maximum Gasteiger partial charge on any atom is 0.169 e. The maximum atomic E-state index is 10.0. The molecule has 0 unspecified atom stereocenters. The van der Waals surface area contributed by atoms with Crippen LogP contribution in [-0.2, 0) is 30.3 Å². The van der Waals surface area contributed by atoms with Crippen molar-refractivity contribution in [3.05, 3.63) is 35.9 Å². The zero-order valence-corrected chi connectivity index (χ0v) is 17.9. The first-order chi connectivity index (χ1) is 14.8. The molecule has 6 nitrogen and oxygen atoms in total. The third-order valence-corrected chi connectivity index (χ3v) is 6.47. The van der Waals surface area contributed by atoms with Crippen LogP contribution in [0.2, 0.25) is 0 Å². The number of rotatable bonds is 9. The molecule has 4 rings (SSSR count). The topological polar surface area (TPSA) is 66.4 Å². The molecule has 2 heterocycles. The fraction of sp³-hybridized carbons (Fsp3) is 0.750. The van der Waals surface area contributed by atoms with E-state index in [0.717, 1.165) is 51.6 Å². The van der Waals surface area contributed by atoms with E-state index in [9.17, 15) is 5.11 Å². The Morgan fingerprint density at radius 2 is 1.93 bits per heavy atom. The van der Waals surface area contributed by atoms with Gasteiger partial charge in [-0.2, -0.15) is 0 Å². The Morgan fingerprint density at radius 1 is 1.10 bits per heavy atom. The second-order valence-electron chi connectivity index (χ2n) is 8.71. The van der Waals surface area contributed by atoms with Crippen LogP contribution >= 0.6 is 0 Å². The largest absolute Gasteiger partial charge is 0.394 e. The Labute approximate surface area is 179 Å². The van der Waals surface area contributed by atoms with E-state index in [0.29, 0.717) is 19.8 Å². The third-order valence-electron chi connectivity index (χ3n) is 6.47. The lowest BCUT2D eigenvalue weighted by molar-refractivity contribution is -0.214. The predicted octanol–water partition coefficient (Wildman–Crippen LogP) is 3.59. The molecule has 1 aromatic carbocycles. The number of benzene rings is 1. The summed E-state index contributed by atoms with van der Waals surface area (Å²) in [5.41, 5.74) is 1.17. The lowest BCUT2D eigenvalue weighted by Crippen LogP contribution is -2.45. The minimum absolute atomic E-state index is 0.0189. The van der Waals surface area contributed by atoms with Crippen LogP contribution in [0.1, 0.15) is 56.9 Å². The fourth-order valence-electron chi connectivity index (χ4n) is 4.79. The SMILES string of the molecule is OC[C@@H](O[C@@H]1CCCO[C@H]1CCOCc1ccccc1)[C@@H]1COC2(CCCCC2)O1. The lowest BCUT2D eigenvalue weighted by atomic mass is 9.94. The zero-order chi connectivity index (χ0) is 20.7. The van der Waals surface area contributed by atoms with Crippen LogP contribution in [-0.4, -0.2) is 61.7 Å². The number of ether oxygens (including phenoxy) is 5. The van der Waals surface area contributed by atoms with Gasteiger partial charge in [-0.15, -0.1) is 0 Å². The summed E-state index contributed by atoms with van der Waals surface area (Å²) in [6, 6.07) is 10.2. The molecule has 1 aliphatic carbocycles. The van der Waals surface area contributed by atoms with Gasteiger partial charge in [-0.25, -0.2) is 0 Å². The summed E-state index contributed by atoms with van der Waals surface area (Å²) in [6.45, 7) is 2.39. The highest BCUT2D eigenvalue weighted by molar-refractivity contribution is 5.13. The van der Waals surface area contributed by atoms with Crippen LogP contribution < -0.4 is 0 Å². The molecule has 0 radical (unpaired) electrons. The standard InChI is InChI=1S/C24H36O6/c25-16-22(23-18-28-24(30-23)12-5-2-6-13-24)29-21-10-7-14-27-20(21)11-15-26-17-19-8-3-1-4-9-19/h1,3-4,8-9,20-23,25H,2,5-7,10-18H2/t20-,21+,22+,23-/m0/s1. The van der Waals surface area contributed by atoms with Gasteiger partial charge < -0.3 is 28.8 Å². The quantitative estimate of drug-likeness (QED) is 0.616. The summed E-state index contributed by atoms with van der Waals surface area (Å²) in [7, 11) is 0. The average Bonchev–Trinajstić information content (AvgIpc) is 3.20. The summed E-state index contributed by atoms with van der Waals surface area (Å²) in [4.78, 5) is 0. The second-order valence-corrected chi connectivity index (χ2v) is 8.71. The predicted molar refractivity (Wildman–Crippen MR) is 112 cm³/mol. The molecule has 0 amide bonds. The summed E-state index contributed by atoms with van der Waals surface area (Å²) < 4.78 is 30.5. The molecule has 0 aromatic heterocycles. The Balaban J connectivity index is 1.25. The molecule has 168 valence electrons. The number of hydrogen-bond acceptors (Lipinski definition) is 6. The van der Waals surface area contributed by atoms with Crippen LogP contribution in [0.3, 0.4) is 0 Å². The molecule has 2 aliphatic heterocycles. The van der Waals surface area contributed by atoms with Crippen LogP contribution in [0.25, 0.3) is 0 Å². The van der Waals surface area contributed by atoms with Crippen LogP contribution in [0.15, 0.2) is 30.3 Å². The molecule has 3 fully saturated rings. The normalized spacial score (nSPS) is 29.8. The summed E-state index contributed by atoms with van der Waals surface area (Å²) >= 11 is 0. The summed E-state index contributed by atoms with van der Waals surface area (Å²) in [5, 5.41) is 10.0. The van der Waals surface area contributed by atoms with E-state index in [1.165, 1.54) is 12.0 Å². The van der Waals surface area contributed by atoms with Crippen molar-refractivity contribution in [1.82, 2.24) is 0 Å². The van der Waals surface area contributed by atoms with E-state index in [-0.39, 0.29) is 31.0 Å². The molecule has 1 saturated carbocycles. The van der Waals surface area contributed by atoms with Gasteiger partial charge >= 0.3 is 0 Å². The van der Waals surface area contributed by atoms with Gasteiger partial charge in [0.2, 0.25) is 0 Å². The van der Waals surface area contributed by atoms with Gasteiger partial charge in [0, 0.05) is 26.1 Å². The fourth-order valence-corrected chi connectivity index (χ4v) is 4.79. The van der Waals surface area contributed by atoms with E-state index >= 15 is 0 Å². The zero-order valence-electron chi connectivity index (χ0n) is 17.9. The van der Waals surface area contributed by atoms with E-state index in [4.69, 9.17) is 23.7 Å². The van der Waals surface area contributed by atoms with Gasteiger partial charge in [-0.05, 0) is 37.7 Å². The van der Waals surface area contributed by atoms with Crippen molar-refractivity contribution in [1.29, 1.82) is 0 Å². The molecule has 6 heteroatoms. The maximum absolute atomic E-state index is 10.0. The van der Waals surface area contributed by atoms with E-state index < -0.39 is 5.79 Å². The average molecular weight is 421 g/mol. The monoisotopic (exact) mass is 420 g/mol. The van der Waals surface area contributed by atoms with E-state index in [1.807, 2.05) is 18.2 Å². The number of hydrogen-bond donors (Lipinski definition) is 1. The Morgan fingerprint density at radius 3 is 2.73 bits per heavy atom. The Kier molecular flexibility index (Phi) is 8.15. The highest BCUT2D eigenvalue weighted by atomic mass is 16.8. The molecule has 2 saturated heterocycles. The number of aliphatic hydroxyl groups excluding tert-OH is 1. The van der Waals surface area contributed by atoms with Crippen LogP contribution in [0.4, 0.5) is 0 Å². The first kappa shape index (κ1) is 22.2. The first-order valence-corrected chi connectivity index (χ1v) is 11.6. The Hall–Kier alpha value is -1.02. The highest BCUT2D eigenvalue weighted by Gasteiger charge is 2.45. The van der Waals surface area contributed by atoms with Crippen LogP contribution in [0.5, 0.6) is 0 Å². The molecule has 30 heavy (non-hydrogen) atoms. The van der Waals surface area contributed by atoms with Crippen molar-refractivity contribution >= 4 is 0 Å².